The van der Waals surface area contributed by atoms with Crippen molar-refractivity contribution in [2.75, 3.05) is 0 Å². The van der Waals surface area contributed by atoms with Crippen LogP contribution in [0.15, 0.2) is 4.79 Å². The SMILES string of the molecule is C[C@H](NC(=O)c1nc2sc3c(c2c(=O)[nH]1)CCC3)C1CCCCC1. The summed E-state index contributed by atoms with van der Waals surface area (Å²) in [6.07, 6.45) is 9.20. The average Bonchev–Trinajstić information content (AvgIpc) is 3.15. The van der Waals surface area contributed by atoms with Gasteiger partial charge in [0.2, 0.25) is 5.82 Å². The van der Waals surface area contributed by atoms with Gasteiger partial charge in [-0.25, -0.2) is 4.98 Å². The van der Waals surface area contributed by atoms with Crippen LogP contribution in [-0.4, -0.2) is 21.9 Å². The van der Waals surface area contributed by atoms with Crippen molar-refractivity contribution < 1.29 is 4.79 Å². The lowest BCUT2D eigenvalue weighted by Crippen LogP contribution is -2.40. The van der Waals surface area contributed by atoms with E-state index in [1.807, 2.05) is 0 Å². The fraction of sp³-hybridized carbons (Fsp3) is 0.611. The molecule has 2 aliphatic rings. The Labute approximate surface area is 144 Å². The number of fused-ring (bicyclic) bond motifs is 3. The van der Waals surface area contributed by atoms with E-state index in [9.17, 15) is 9.59 Å². The van der Waals surface area contributed by atoms with Crippen molar-refractivity contribution in [3.05, 3.63) is 26.6 Å². The number of carbonyl (C=O) groups is 1. The maximum Gasteiger partial charge on any atom is 0.287 e. The first kappa shape index (κ1) is 15.8. The molecule has 4 rings (SSSR count). The molecule has 0 bridgehead atoms. The van der Waals surface area contributed by atoms with Gasteiger partial charge in [0.15, 0.2) is 0 Å². The van der Waals surface area contributed by atoms with Gasteiger partial charge in [0.1, 0.15) is 4.83 Å². The molecule has 2 aromatic heterocycles. The van der Waals surface area contributed by atoms with Gasteiger partial charge in [-0.05, 0) is 50.5 Å². The van der Waals surface area contributed by atoms with E-state index in [1.54, 1.807) is 11.3 Å². The third kappa shape index (κ3) is 2.77. The Morgan fingerprint density at radius 2 is 2.04 bits per heavy atom. The van der Waals surface area contributed by atoms with Gasteiger partial charge in [-0.15, -0.1) is 11.3 Å². The monoisotopic (exact) mass is 345 g/mol. The quantitative estimate of drug-likeness (QED) is 0.897. The Bertz CT molecular complexity index is 833. The highest BCUT2D eigenvalue weighted by Crippen LogP contribution is 2.34. The zero-order valence-electron chi connectivity index (χ0n) is 14.0. The van der Waals surface area contributed by atoms with Crippen molar-refractivity contribution in [3.8, 4) is 0 Å². The van der Waals surface area contributed by atoms with Gasteiger partial charge in [-0.1, -0.05) is 19.3 Å². The van der Waals surface area contributed by atoms with E-state index in [0.29, 0.717) is 16.1 Å². The Morgan fingerprint density at radius 3 is 2.83 bits per heavy atom. The van der Waals surface area contributed by atoms with Gasteiger partial charge in [0, 0.05) is 10.9 Å². The number of rotatable bonds is 3. The van der Waals surface area contributed by atoms with Crippen LogP contribution in [-0.2, 0) is 12.8 Å². The second kappa shape index (κ2) is 6.31. The number of thiophene rings is 1. The molecule has 1 saturated carbocycles. The first-order chi connectivity index (χ1) is 11.6. The second-order valence-electron chi connectivity index (χ2n) is 7.11. The number of H-pyrrole nitrogens is 1. The average molecular weight is 345 g/mol. The summed E-state index contributed by atoms with van der Waals surface area (Å²) in [5.41, 5.74) is 0.973. The van der Waals surface area contributed by atoms with Crippen LogP contribution in [0.1, 0.15) is 66.5 Å². The van der Waals surface area contributed by atoms with E-state index < -0.39 is 0 Å². The summed E-state index contributed by atoms with van der Waals surface area (Å²) in [4.78, 5) is 34.1. The van der Waals surface area contributed by atoms with E-state index in [1.165, 1.54) is 37.0 Å². The summed E-state index contributed by atoms with van der Waals surface area (Å²) in [5.74, 6) is 0.416. The summed E-state index contributed by atoms with van der Waals surface area (Å²) in [5, 5.41) is 3.74. The molecule has 24 heavy (non-hydrogen) atoms. The molecule has 1 atom stereocenters. The van der Waals surface area contributed by atoms with E-state index in [4.69, 9.17) is 0 Å². The molecule has 0 unspecified atom stereocenters. The van der Waals surface area contributed by atoms with Crippen LogP contribution in [0.4, 0.5) is 0 Å². The Morgan fingerprint density at radius 1 is 1.25 bits per heavy atom. The van der Waals surface area contributed by atoms with Gasteiger partial charge in [0.05, 0.1) is 5.39 Å². The Hall–Kier alpha value is -1.69. The normalized spacial score (nSPS) is 19.4. The number of nitrogens with zero attached hydrogens (tertiary/aromatic N) is 1. The van der Waals surface area contributed by atoms with Crippen molar-refractivity contribution in [1.82, 2.24) is 15.3 Å². The first-order valence-corrected chi connectivity index (χ1v) is 9.80. The second-order valence-corrected chi connectivity index (χ2v) is 8.20. The predicted octanol–water partition coefficient (Wildman–Crippen LogP) is 3.17. The van der Waals surface area contributed by atoms with Crippen molar-refractivity contribution in [2.24, 2.45) is 5.92 Å². The number of hydrogen-bond donors (Lipinski definition) is 2. The molecule has 2 heterocycles. The third-order valence-electron chi connectivity index (χ3n) is 5.51. The minimum Gasteiger partial charge on any atom is -0.347 e. The number of aryl methyl sites for hydroxylation is 2. The topological polar surface area (TPSA) is 74.8 Å². The molecule has 128 valence electrons. The lowest BCUT2D eigenvalue weighted by Gasteiger charge is -2.28. The van der Waals surface area contributed by atoms with Crippen LogP contribution in [0.5, 0.6) is 0 Å². The number of nitrogens with one attached hydrogen (secondary N) is 2. The molecule has 6 heteroatoms. The molecule has 2 aromatic rings. The zero-order chi connectivity index (χ0) is 16.7. The van der Waals surface area contributed by atoms with Crippen molar-refractivity contribution in [2.45, 2.75) is 64.3 Å². The van der Waals surface area contributed by atoms with Crippen LogP contribution >= 0.6 is 11.3 Å². The lowest BCUT2D eigenvalue weighted by molar-refractivity contribution is 0.0909. The molecule has 2 N–H and O–H groups in total. The van der Waals surface area contributed by atoms with Crippen molar-refractivity contribution in [3.63, 3.8) is 0 Å². The fourth-order valence-electron chi connectivity index (χ4n) is 4.14. The predicted molar refractivity (Wildman–Crippen MR) is 95.8 cm³/mol. The highest BCUT2D eigenvalue weighted by molar-refractivity contribution is 7.18. The molecule has 5 nitrogen and oxygen atoms in total. The van der Waals surface area contributed by atoms with Crippen LogP contribution in [0.2, 0.25) is 0 Å². The molecule has 1 amide bonds. The van der Waals surface area contributed by atoms with Crippen molar-refractivity contribution >= 4 is 27.5 Å². The van der Waals surface area contributed by atoms with E-state index in [2.05, 4.69) is 22.2 Å². The molecule has 0 radical (unpaired) electrons. The maximum atomic E-state index is 12.5. The Kier molecular flexibility index (Phi) is 4.16. The summed E-state index contributed by atoms with van der Waals surface area (Å²) >= 11 is 1.57. The van der Waals surface area contributed by atoms with E-state index in [-0.39, 0.29) is 23.3 Å². The number of carbonyl (C=O) groups excluding carboxylic acids is 1. The largest absolute Gasteiger partial charge is 0.347 e. The van der Waals surface area contributed by atoms with Gasteiger partial charge < -0.3 is 10.3 Å². The van der Waals surface area contributed by atoms with Crippen LogP contribution in [0.3, 0.4) is 0 Å². The van der Waals surface area contributed by atoms with Crippen molar-refractivity contribution in [1.29, 1.82) is 0 Å². The molecule has 1 fully saturated rings. The van der Waals surface area contributed by atoms with Gasteiger partial charge in [-0.2, -0.15) is 0 Å². The summed E-state index contributed by atoms with van der Waals surface area (Å²) in [7, 11) is 0. The lowest BCUT2D eigenvalue weighted by atomic mass is 9.84. The van der Waals surface area contributed by atoms with Crippen LogP contribution in [0.25, 0.3) is 10.2 Å². The standard InChI is InChI=1S/C18H23N3O2S/c1-10(11-6-3-2-4-7-11)19-17(23)15-20-16(22)14-12-8-5-9-13(12)24-18(14)21-15/h10-11H,2-9H2,1H3,(H,19,23)(H,20,21,22)/t10-/m0/s1. The molecule has 0 saturated heterocycles. The summed E-state index contributed by atoms with van der Waals surface area (Å²) in [6, 6.07) is 0.118. The number of aromatic nitrogens is 2. The minimum atomic E-state index is -0.263. The molecular formula is C18H23N3O2S. The summed E-state index contributed by atoms with van der Waals surface area (Å²) < 4.78 is 0. The number of aromatic amines is 1. The van der Waals surface area contributed by atoms with Crippen LogP contribution in [0, 0.1) is 5.92 Å². The van der Waals surface area contributed by atoms with Crippen LogP contribution < -0.4 is 10.9 Å². The number of hydrogen-bond acceptors (Lipinski definition) is 4. The van der Waals surface area contributed by atoms with Gasteiger partial charge >= 0.3 is 0 Å². The zero-order valence-corrected chi connectivity index (χ0v) is 14.8. The Balaban J connectivity index is 1.57. The van der Waals surface area contributed by atoms with Gasteiger partial charge in [-0.3, -0.25) is 9.59 Å². The molecule has 0 aromatic carbocycles. The van der Waals surface area contributed by atoms with E-state index >= 15 is 0 Å². The van der Waals surface area contributed by atoms with Gasteiger partial charge in [0.25, 0.3) is 11.5 Å². The fourth-order valence-corrected chi connectivity index (χ4v) is 5.40. The number of amides is 1. The molecule has 0 aliphatic heterocycles. The molecular weight excluding hydrogens is 322 g/mol. The minimum absolute atomic E-state index is 0.118. The first-order valence-electron chi connectivity index (χ1n) is 8.99. The summed E-state index contributed by atoms with van der Waals surface area (Å²) in [6.45, 7) is 2.06. The third-order valence-corrected chi connectivity index (χ3v) is 6.69. The molecule has 0 spiro atoms. The highest BCUT2D eigenvalue weighted by Gasteiger charge is 2.25. The maximum absolute atomic E-state index is 12.5. The highest BCUT2D eigenvalue weighted by atomic mass is 32.1. The van der Waals surface area contributed by atoms with E-state index in [0.717, 1.165) is 24.8 Å². The smallest absolute Gasteiger partial charge is 0.287 e. The molecule has 2 aliphatic carbocycles.